The Balaban J connectivity index is 1.72. The number of hydrogen-bond acceptors (Lipinski definition) is 2. The number of fused-ring (bicyclic) bond motifs is 1. The predicted molar refractivity (Wildman–Crippen MR) is 94.7 cm³/mol. The fraction of sp³-hybridized carbons (Fsp3) is 0.556. The van der Waals surface area contributed by atoms with Gasteiger partial charge in [-0.05, 0) is 32.9 Å². The summed E-state index contributed by atoms with van der Waals surface area (Å²) in [6, 6.07) is 6.17. The maximum absolute atomic E-state index is 4.67. The van der Waals surface area contributed by atoms with Crippen molar-refractivity contribution in [2.24, 2.45) is 10.4 Å². The van der Waals surface area contributed by atoms with Crippen LogP contribution in [0.15, 0.2) is 29.4 Å². The van der Waals surface area contributed by atoms with Crippen molar-refractivity contribution in [2.45, 2.75) is 46.7 Å². The van der Waals surface area contributed by atoms with Crippen LogP contribution < -0.4 is 5.32 Å². The zero-order valence-electron chi connectivity index (χ0n) is 15.0. The molecule has 1 N–H and O–H groups in total. The van der Waals surface area contributed by atoms with Gasteiger partial charge in [0.2, 0.25) is 0 Å². The van der Waals surface area contributed by atoms with Gasteiger partial charge in [-0.15, -0.1) is 0 Å². The van der Waals surface area contributed by atoms with E-state index in [4.69, 9.17) is 0 Å². The third-order valence-corrected chi connectivity index (χ3v) is 5.53. The normalized spacial score (nSPS) is 19.7. The number of guanidine groups is 1. The van der Waals surface area contributed by atoms with E-state index in [2.05, 4.69) is 71.5 Å². The largest absolute Gasteiger partial charge is 0.351 e. The number of nitrogens with zero attached hydrogens (tertiary/aromatic N) is 4. The van der Waals surface area contributed by atoms with E-state index >= 15 is 0 Å². The van der Waals surface area contributed by atoms with Crippen LogP contribution >= 0.6 is 0 Å². The summed E-state index contributed by atoms with van der Waals surface area (Å²) in [4.78, 5) is 11.5. The second-order valence-electron chi connectivity index (χ2n) is 7.56. The van der Waals surface area contributed by atoms with E-state index in [0.29, 0.717) is 12.0 Å². The topological polar surface area (TPSA) is 44.9 Å². The maximum atomic E-state index is 4.67. The highest BCUT2D eigenvalue weighted by atomic mass is 15.4. The number of imidazole rings is 1. The van der Waals surface area contributed by atoms with Gasteiger partial charge in [-0.25, -0.2) is 4.98 Å². The summed E-state index contributed by atoms with van der Waals surface area (Å²) in [6.07, 6.45) is 2.09. The lowest BCUT2D eigenvalue weighted by Crippen LogP contribution is -2.72. The van der Waals surface area contributed by atoms with Gasteiger partial charge in [-0.3, -0.25) is 4.99 Å². The fourth-order valence-electron chi connectivity index (χ4n) is 3.15. The Morgan fingerprint density at radius 1 is 1.30 bits per heavy atom. The second-order valence-corrected chi connectivity index (χ2v) is 7.56. The monoisotopic (exact) mass is 313 g/mol. The van der Waals surface area contributed by atoms with Gasteiger partial charge in [0.1, 0.15) is 5.65 Å². The summed E-state index contributed by atoms with van der Waals surface area (Å²) >= 11 is 0. The molecule has 3 heterocycles. The van der Waals surface area contributed by atoms with E-state index in [9.17, 15) is 0 Å². The molecule has 1 aliphatic rings. The first kappa shape index (κ1) is 15.8. The quantitative estimate of drug-likeness (QED) is 0.685. The van der Waals surface area contributed by atoms with Crippen LogP contribution in [0.3, 0.4) is 0 Å². The van der Waals surface area contributed by atoms with Crippen LogP contribution in [0.5, 0.6) is 0 Å². The third-order valence-electron chi connectivity index (χ3n) is 5.53. The highest BCUT2D eigenvalue weighted by molar-refractivity contribution is 5.82. The average Bonchev–Trinajstić information content (AvgIpc) is 2.91. The van der Waals surface area contributed by atoms with E-state index in [0.717, 1.165) is 23.8 Å². The standard InChI is InChI=1S/C18H27N5/c1-13-8-7-9-15-21-14(11-22(13)15)10-20-16(19-6)23-12-17(2,3)18(23,4)5/h7-9,11H,10,12H2,1-6H3,(H,19,20). The lowest BCUT2D eigenvalue weighted by atomic mass is 9.65. The molecule has 0 amide bonds. The molecule has 0 spiro atoms. The number of hydrogen-bond donors (Lipinski definition) is 1. The molecule has 1 fully saturated rings. The number of nitrogens with one attached hydrogen (secondary N) is 1. The van der Waals surface area contributed by atoms with Gasteiger partial charge in [0.25, 0.3) is 0 Å². The Bertz CT molecular complexity index is 754. The molecule has 0 radical (unpaired) electrons. The van der Waals surface area contributed by atoms with Crippen molar-refractivity contribution in [1.82, 2.24) is 19.6 Å². The van der Waals surface area contributed by atoms with Gasteiger partial charge in [0.15, 0.2) is 5.96 Å². The molecule has 1 aliphatic heterocycles. The maximum Gasteiger partial charge on any atom is 0.194 e. The van der Waals surface area contributed by atoms with Gasteiger partial charge in [0.05, 0.1) is 12.2 Å². The highest BCUT2D eigenvalue weighted by Crippen LogP contribution is 2.46. The van der Waals surface area contributed by atoms with Crippen molar-refractivity contribution in [2.75, 3.05) is 13.6 Å². The van der Waals surface area contributed by atoms with Gasteiger partial charge in [-0.1, -0.05) is 19.9 Å². The average molecular weight is 313 g/mol. The second kappa shape index (κ2) is 5.25. The number of likely N-dealkylation sites (tertiary alicyclic amines) is 1. The predicted octanol–water partition coefficient (Wildman–Crippen LogP) is 2.84. The smallest absolute Gasteiger partial charge is 0.194 e. The Hall–Kier alpha value is -2.04. The van der Waals surface area contributed by atoms with Crippen molar-refractivity contribution < 1.29 is 0 Å². The molecular weight excluding hydrogens is 286 g/mol. The minimum Gasteiger partial charge on any atom is -0.351 e. The van der Waals surface area contributed by atoms with Crippen LogP contribution in [0.2, 0.25) is 0 Å². The Labute approximate surface area is 138 Å². The van der Waals surface area contributed by atoms with Crippen molar-refractivity contribution in [3.8, 4) is 0 Å². The Morgan fingerprint density at radius 3 is 2.61 bits per heavy atom. The molecule has 0 saturated carbocycles. The summed E-state index contributed by atoms with van der Waals surface area (Å²) < 4.78 is 2.12. The van der Waals surface area contributed by atoms with Crippen molar-refractivity contribution in [3.05, 3.63) is 35.8 Å². The number of aromatic nitrogens is 2. The molecule has 5 nitrogen and oxygen atoms in total. The summed E-state index contributed by atoms with van der Waals surface area (Å²) in [7, 11) is 1.84. The van der Waals surface area contributed by atoms with Gasteiger partial charge in [0, 0.05) is 36.4 Å². The molecule has 5 heteroatoms. The van der Waals surface area contributed by atoms with Crippen LogP contribution in [0.1, 0.15) is 39.1 Å². The Morgan fingerprint density at radius 2 is 2.04 bits per heavy atom. The first-order chi connectivity index (χ1) is 10.8. The highest BCUT2D eigenvalue weighted by Gasteiger charge is 2.53. The minimum atomic E-state index is 0.102. The number of pyridine rings is 1. The molecule has 2 aromatic rings. The number of rotatable bonds is 2. The van der Waals surface area contributed by atoms with Gasteiger partial charge < -0.3 is 14.6 Å². The van der Waals surface area contributed by atoms with E-state index in [1.54, 1.807) is 0 Å². The molecule has 0 atom stereocenters. The molecular formula is C18H27N5. The molecule has 2 aromatic heterocycles. The number of aryl methyl sites for hydroxylation is 1. The molecule has 124 valence electrons. The summed E-state index contributed by atoms with van der Waals surface area (Å²) in [5.74, 6) is 0.947. The molecule has 0 aromatic carbocycles. The van der Waals surface area contributed by atoms with Gasteiger partial charge >= 0.3 is 0 Å². The SMILES string of the molecule is CN=C(NCc1cn2c(C)cccc2n1)N1CC(C)(C)C1(C)C. The zero-order valence-corrected chi connectivity index (χ0v) is 15.0. The summed E-state index contributed by atoms with van der Waals surface area (Å²) in [5, 5.41) is 3.46. The molecule has 0 aliphatic carbocycles. The van der Waals surface area contributed by atoms with E-state index in [-0.39, 0.29) is 5.54 Å². The van der Waals surface area contributed by atoms with Crippen molar-refractivity contribution >= 4 is 11.6 Å². The zero-order chi connectivity index (χ0) is 16.8. The van der Waals surface area contributed by atoms with Crippen LogP contribution in [-0.4, -0.2) is 39.4 Å². The van der Waals surface area contributed by atoms with Crippen LogP contribution in [0.4, 0.5) is 0 Å². The summed E-state index contributed by atoms with van der Waals surface area (Å²) in [6.45, 7) is 13.0. The molecule has 0 unspecified atom stereocenters. The molecule has 3 rings (SSSR count). The minimum absolute atomic E-state index is 0.102. The van der Waals surface area contributed by atoms with Gasteiger partial charge in [-0.2, -0.15) is 0 Å². The van der Waals surface area contributed by atoms with Crippen LogP contribution in [0.25, 0.3) is 5.65 Å². The third kappa shape index (κ3) is 2.48. The molecule has 0 bridgehead atoms. The first-order valence-corrected chi connectivity index (χ1v) is 8.18. The summed E-state index contributed by atoms with van der Waals surface area (Å²) in [5.41, 5.74) is 3.60. The molecule has 1 saturated heterocycles. The van der Waals surface area contributed by atoms with E-state index in [1.165, 1.54) is 5.69 Å². The van der Waals surface area contributed by atoms with Crippen LogP contribution in [-0.2, 0) is 6.54 Å². The number of aliphatic imine (C=N–C) groups is 1. The van der Waals surface area contributed by atoms with Crippen LogP contribution in [0, 0.1) is 12.3 Å². The van der Waals surface area contributed by atoms with E-state index in [1.807, 2.05) is 19.2 Å². The lowest BCUT2D eigenvalue weighted by Gasteiger charge is -2.62. The molecule has 23 heavy (non-hydrogen) atoms. The van der Waals surface area contributed by atoms with Crippen molar-refractivity contribution in [3.63, 3.8) is 0 Å². The Kier molecular flexibility index (Phi) is 3.62. The van der Waals surface area contributed by atoms with E-state index < -0.39 is 0 Å². The fourth-order valence-corrected chi connectivity index (χ4v) is 3.15. The van der Waals surface area contributed by atoms with Crippen molar-refractivity contribution in [1.29, 1.82) is 0 Å². The first-order valence-electron chi connectivity index (χ1n) is 8.18. The lowest BCUT2D eigenvalue weighted by molar-refractivity contribution is -0.0668.